The molecule has 2 aromatic heterocycles. The molecule has 0 atom stereocenters. The van der Waals surface area contributed by atoms with Gasteiger partial charge in [-0.2, -0.15) is 0 Å². The summed E-state index contributed by atoms with van der Waals surface area (Å²) in [5, 5.41) is 3.43. The number of nitrogens with one attached hydrogen (secondary N) is 1. The number of pyridine rings is 1. The fourth-order valence-electron chi connectivity index (χ4n) is 2.59. The van der Waals surface area contributed by atoms with Crippen LogP contribution in [0.15, 0.2) is 24.5 Å². The zero-order chi connectivity index (χ0) is 12.2. The zero-order valence-corrected chi connectivity index (χ0v) is 10.5. The number of hydrogen-bond donors (Lipinski definition) is 1. The smallest absolute Gasteiger partial charge is 0.180 e. The van der Waals surface area contributed by atoms with Crippen LogP contribution in [0.3, 0.4) is 0 Å². The lowest BCUT2D eigenvalue weighted by Gasteiger charge is -2.21. The van der Waals surface area contributed by atoms with Gasteiger partial charge in [0, 0.05) is 18.9 Å². The van der Waals surface area contributed by atoms with Crippen LogP contribution in [0.4, 0.5) is 5.82 Å². The Morgan fingerprint density at radius 3 is 2.78 bits per heavy atom. The zero-order valence-electron chi connectivity index (χ0n) is 10.5. The number of rotatable bonds is 3. The van der Waals surface area contributed by atoms with Gasteiger partial charge in [-0.15, -0.1) is 0 Å². The Morgan fingerprint density at radius 1 is 1.06 bits per heavy atom. The molecular formula is C14H18N4. The van der Waals surface area contributed by atoms with Crippen molar-refractivity contribution in [2.45, 2.75) is 32.1 Å². The predicted octanol–water partition coefficient (Wildman–Crippen LogP) is 3.02. The van der Waals surface area contributed by atoms with Crippen molar-refractivity contribution in [3.05, 3.63) is 24.5 Å². The average molecular weight is 242 g/mol. The van der Waals surface area contributed by atoms with Gasteiger partial charge < -0.3 is 5.32 Å². The molecule has 0 spiro atoms. The first-order valence-electron chi connectivity index (χ1n) is 6.73. The molecule has 0 unspecified atom stereocenters. The summed E-state index contributed by atoms with van der Waals surface area (Å²) in [7, 11) is 0. The molecule has 3 rings (SSSR count). The van der Waals surface area contributed by atoms with E-state index in [1.165, 1.54) is 32.1 Å². The monoisotopic (exact) mass is 242 g/mol. The van der Waals surface area contributed by atoms with Crippen molar-refractivity contribution in [3.8, 4) is 0 Å². The molecule has 0 aliphatic heterocycles. The first-order valence-corrected chi connectivity index (χ1v) is 6.73. The topological polar surface area (TPSA) is 50.7 Å². The summed E-state index contributed by atoms with van der Waals surface area (Å²) in [5.74, 6) is 1.71. The lowest BCUT2D eigenvalue weighted by molar-refractivity contribution is 0.373. The molecule has 4 nitrogen and oxygen atoms in total. The molecule has 0 radical (unpaired) electrons. The van der Waals surface area contributed by atoms with E-state index in [0.29, 0.717) is 5.65 Å². The summed E-state index contributed by atoms with van der Waals surface area (Å²) in [6, 6.07) is 3.96. The lowest BCUT2D eigenvalue weighted by Crippen LogP contribution is -2.17. The van der Waals surface area contributed by atoms with Crippen LogP contribution in [-0.4, -0.2) is 21.5 Å². The van der Waals surface area contributed by atoms with Gasteiger partial charge in [0.15, 0.2) is 5.65 Å². The van der Waals surface area contributed by atoms with Gasteiger partial charge in [0.2, 0.25) is 0 Å². The average Bonchev–Trinajstić information content (AvgIpc) is 2.46. The van der Waals surface area contributed by atoms with Gasteiger partial charge in [0.1, 0.15) is 11.3 Å². The third-order valence-corrected chi connectivity index (χ3v) is 3.63. The van der Waals surface area contributed by atoms with Crippen LogP contribution in [0, 0.1) is 5.92 Å². The molecule has 0 amide bonds. The third-order valence-electron chi connectivity index (χ3n) is 3.63. The second kappa shape index (κ2) is 5.29. The minimum Gasteiger partial charge on any atom is -0.370 e. The standard InChI is InChI=1S/C14H18N4/c1-2-4-11(5-3-1)10-17-13-7-6-12-14(18-13)16-9-8-15-12/h6-9,11H,1-5,10H2,(H,16,17,18). The summed E-state index contributed by atoms with van der Waals surface area (Å²) < 4.78 is 0. The third kappa shape index (κ3) is 2.58. The first kappa shape index (κ1) is 11.4. The van der Waals surface area contributed by atoms with E-state index in [1.807, 2.05) is 12.1 Å². The maximum absolute atomic E-state index is 4.47. The van der Waals surface area contributed by atoms with Crippen LogP contribution < -0.4 is 5.32 Å². The molecular weight excluding hydrogens is 224 g/mol. The van der Waals surface area contributed by atoms with E-state index in [-0.39, 0.29) is 0 Å². The molecule has 1 aliphatic carbocycles. The van der Waals surface area contributed by atoms with E-state index in [1.54, 1.807) is 12.4 Å². The van der Waals surface area contributed by atoms with Gasteiger partial charge in [0.05, 0.1) is 0 Å². The Balaban J connectivity index is 1.66. The van der Waals surface area contributed by atoms with Gasteiger partial charge in [-0.25, -0.2) is 9.97 Å². The van der Waals surface area contributed by atoms with Gasteiger partial charge in [-0.3, -0.25) is 4.98 Å². The van der Waals surface area contributed by atoms with Gasteiger partial charge in [-0.1, -0.05) is 19.3 Å². The summed E-state index contributed by atoms with van der Waals surface area (Å²) in [6.07, 6.45) is 10.2. The molecule has 2 aromatic rings. The molecule has 2 heterocycles. The largest absolute Gasteiger partial charge is 0.370 e. The number of aromatic nitrogens is 3. The summed E-state index contributed by atoms with van der Waals surface area (Å²) in [5.41, 5.74) is 1.56. The highest BCUT2D eigenvalue weighted by atomic mass is 15.0. The molecule has 1 N–H and O–H groups in total. The van der Waals surface area contributed by atoms with Crippen LogP contribution in [0.1, 0.15) is 32.1 Å². The number of hydrogen-bond acceptors (Lipinski definition) is 4. The van der Waals surface area contributed by atoms with Crippen LogP contribution in [0.5, 0.6) is 0 Å². The normalized spacial score (nSPS) is 16.9. The Bertz CT molecular complexity index is 520. The quantitative estimate of drug-likeness (QED) is 0.898. The molecule has 1 fully saturated rings. The van der Waals surface area contributed by atoms with Crippen molar-refractivity contribution in [1.29, 1.82) is 0 Å². The first-order chi connectivity index (χ1) is 8.92. The van der Waals surface area contributed by atoms with Crippen molar-refractivity contribution >= 4 is 17.0 Å². The summed E-state index contributed by atoms with van der Waals surface area (Å²) in [4.78, 5) is 12.9. The maximum atomic E-state index is 4.47. The Kier molecular flexibility index (Phi) is 3.35. The van der Waals surface area contributed by atoms with Crippen LogP contribution >= 0.6 is 0 Å². The van der Waals surface area contributed by atoms with Crippen molar-refractivity contribution in [2.24, 2.45) is 5.92 Å². The highest BCUT2D eigenvalue weighted by Gasteiger charge is 2.13. The molecule has 0 bridgehead atoms. The number of anilines is 1. The number of fused-ring (bicyclic) bond motifs is 1. The second-order valence-corrected chi connectivity index (χ2v) is 4.98. The van der Waals surface area contributed by atoms with E-state index in [0.717, 1.165) is 23.8 Å². The summed E-state index contributed by atoms with van der Waals surface area (Å²) in [6.45, 7) is 1.03. The Hall–Kier alpha value is -1.71. The molecule has 0 aromatic carbocycles. The fourth-order valence-corrected chi connectivity index (χ4v) is 2.59. The molecule has 0 saturated heterocycles. The second-order valence-electron chi connectivity index (χ2n) is 4.98. The SMILES string of the molecule is c1cnc2nc(NCC3CCCCC3)ccc2n1. The van der Waals surface area contributed by atoms with Crippen molar-refractivity contribution in [2.75, 3.05) is 11.9 Å². The van der Waals surface area contributed by atoms with E-state index in [2.05, 4.69) is 20.3 Å². The molecule has 1 aliphatic rings. The highest BCUT2D eigenvalue weighted by Crippen LogP contribution is 2.23. The van der Waals surface area contributed by atoms with E-state index in [9.17, 15) is 0 Å². The van der Waals surface area contributed by atoms with E-state index >= 15 is 0 Å². The van der Waals surface area contributed by atoms with Crippen LogP contribution in [-0.2, 0) is 0 Å². The minimum atomic E-state index is 0.714. The van der Waals surface area contributed by atoms with Crippen LogP contribution in [0.25, 0.3) is 11.2 Å². The number of nitrogens with zero attached hydrogens (tertiary/aromatic N) is 3. The van der Waals surface area contributed by atoms with Crippen molar-refractivity contribution < 1.29 is 0 Å². The predicted molar refractivity (Wildman–Crippen MR) is 72.4 cm³/mol. The van der Waals surface area contributed by atoms with Crippen LogP contribution in [0.2, 0.25) is 0 Å². The molecule has 4 heteroatoms. The molecule has 1 saturated carbocycles. The molecule has 18 heavy (non-hydrogen) atoms. The maximum Gasteiger partial charge on any atom is 0.180 e. The minimum absolute atomic E-state index is 0.714. The van der Waals surface area contributed by atoms with E-state index in [4.69, 9.17) is 0 Å². The Morgan fingerprint density at radius 2 is 1.89 bits per heavy atom. The van der Waals surface area contributed by atoms with Crippen molar-refractivity contribution in [1.82, 2.24) is 15.0 Å². The van der Waals surface area contributed by atoms with Crippen molar-refractivity contribution in [3.63, 3.8) is 0 Å². The van der Waals surface area contributed by atoms with E-state index < -0.39 is 0 Å². The van der Waals surface area contributed by atoms with Gasteiger partial charge in [-0.05, 0) is 30.9 Å². The fraction of sp³-hybridized carbons (Fsp3) is 0.500. The summed E-state index contributed by atoms with van der Waals surface area (Å²) >= 11 is 0. The highest BCUT2D eigenvalue weighted by molar-refractivity contribution is 5.71. The lowest BCUT2D eigenvalue weighted by atomic mass is 9.89. The molecule has 94 valence electrons. The van der Waals surface area contributed by atoms with Gasteiger partial charge >= 0.3 is 0 Å². The van der Waals surface area contributed by atoms with Gasteiger partial charge in [0.25, 0.3) is 0 Å². The Labute approximate surface area is 107 Å².